The molecule has 0 radical (unpaired) electrons. The van der Waals surface area contributed by atoms with Crippen molar-refractivity contribution in [2.75, 3.05) is 50.7 Å². The Kier molecular flexibility index (Phi) is 7.63. The predicted octanol–water partition coefficient (Wildman–Crippen LogP) is 4.10. The van der Waals surface area contributed by atoms with Crippen molar-refractivity contribution < 1.29 is 9.18 Å². The number of likely N-dealkylation sites (tertiary alicyclic amines) is 1. The number of nitrogens with zero attached hydrogens (tertiary/aromatic N) is 4. The van der Waals surface area contributed by atoms with Gasteiger partial charge in [-0.05, 0) is 74.8 Å². The summed E-state index contributed by atoms with van der Waals surface area (Å²) in [7, 11) is 0. The molecule has 1 aliphatic carbocycles. The minimum atomic E-state index is -0.173. The van der Waals surface area contributed by atoms with Crippen molar-refractivity contribution in [1.29, 1.82) is 0 Å². The largest absolute Gasteiger partial charge is 0.355 e. The number of nitrogens with one attached hydrogen (secondary N) is 1. The third-order valence-corrected chi connectivity index (χ3v) is 7.99. The number of carbonyl (C=O) groups excluding carboxylic acids is 1. The van der Waals surface area contributed by atoms with Crippen LogP contribution in [-0.2, 0) is 0 Å². The smallest absolute Gasteiger partial charge is 0.269 e. The van der Waals surface area contributed by atoms with E-state index in [4.69, 9.17) is 4.98 Å². The molecule has 1 atom stereocenters. The molecule has 1 saturated carbocycles. The summed E-state index contributed by atoms with van der Waals surface area (Å²) in [4.78, 5) is 24.7. The standard InChI is InChI=1S/C28H38FN5O/c1-21(23-8-10-24(29)11-9-23)32-16-12-25(13-17-32)33-14-3-15-34(19-18-33)27-5-2-4-26(31-27)28(35)30-20-22-6-7-22/h2,4-5,8-11,21-22,25H,3,6-7,12-20H2,1H3,(H,30,35)/t21-/m1/s1. The number of halogens is 1. The van der Waals surface area contributed by atoms with Gasteiger partial charge in [0.2, 0.25) is 0 Å². The SMILES string of the molecule is C[C@H](c1ccc(F)cc1)N1CCC(N2CCCN(c3cccc(C(=O)NCC4CC4)n3)CC2)CC1. The first kappa shape index (κ1) is 24.2. The fraction of sp³-hybridized carbons (Fsp3) is 0.571. The fourth-order valence-corrected chi connectivity index (χ4v) is 5.50. The van der Waals surface area contributed by atoms with Crippen LogP contribution in [-0.4, -0.2) is 72.5 Å². The molecule has 0 spiro atoms. The molecule has 188 valence electrons. The van der Waals surface area contributed by atoms with Gasteiger partial charge in [0, 0.05) is 57.9 Å². The number of benzene rings is 1. The summed E-state index contributed by atoms with van der Waals surface area (Å²) in [6, 6.07) is 13.7. The fourth-order valence-electron chi connectivity index (χ4n) is 5.50. The van der Waals surface area contributed by atoms with E-state index in [2.05, 4.69) is 26.9 Å². The number of amides is 1. The van der Waals surface area contributed by atoms with Crippen LogP contribution >= 0.6 is 0 Å². The van der Waals surface area contributed by atoms with Crippen LogP contribution in [0.5, 0.6) is 0 Å². The molecule has 2 aromatic rings. The lowest BCUT2D eigenvalue weighted by atomic mass is 9.99. The molecule has 3 heterocycles. The van der Waals surface area contributed by atoms with Crippen molar-refractivity contribution >= 4 is 11.7 Å². The lowest BCUT2D eigenvalue weighted by Gasteiger charge is -2.40. The number of carbonyl (C=O) groups is 1. The van der Waals surface area contributed by atoms with Crippen molar-refractivity contribution in [3.8, 4) is 0 Å². The van der Waals surface area contributed by atoms with E-state index >= 15 is 0 Å². The van der Waals surface area contributed by atoms with Gasteiger partial charge in [0.15, 0.2) is 0 Å². The Morgan fingerprint density at radius 3 is 2.51 bits per heavy atom. The van der Waals surface area contributed by atoms with Gasteiger partial charge < -0.3 is 10.2 Å². The molecule has 35 heavy (non-hydrogen) atoms. The van der Waals surface area contributed by atoms with E-state index in [1.165, 1.54) is 31.2 Å². The second kappa shape index (κ2) is 11.0. The number of piperidine rings is 1. The molecule has 0 unspecified atom stereocenters. The second-order valence-electron chi connectivity index (χ2n) is 10.4. The highest BCUT2D eigenvalue weighted by Crippen LogP contribution is 2.28. The van der Waals surface area contributed by atoms with Crippen LogP contribution < -0.4 is 10.2 Å². The van der Waals surface area contributed by atoms with Crippen molar-refractivity contribution in [3.63, 3.8) is 0 Å². The maximum absolute atomic E-state index is 13.3. The van der Waals surface area contributed by atoms with Crippen LogP contribution in [0.25, 0.3) is 0 Å². The molecule has 1 aromatic heterocycles. The van der Waals surface area contributed by atoms with Gasteiger partial charge in [0.25, 0.3) is 5.91 Å². The van der Waals surface area contributed by atoms with Gasteiger partial charge >= 0.3 is 0 Å². The third kappa shape index (κ3) is 6.19. The Balaban J connectivity index is 1.12. The molecule has 7 heteroatoms. The Hall–Kier alpha value is -2.51. The first-order valence-electron chi connectivity index (χ1n) is 13.3. The first-order chi connectivity index (χ1) is 17.1. The van der Waals surface area contributed by atoms with E-state index in [9.17, 15) is 9.18 Å². The number of aromatic nitrogens is 1. The quantitative estimate of drug-likeness (QED) is 0.648. The van der Waals surface area contributed by atoms with Gasteiger partial charge in [0.05, 0.1) is 0 Å². The van der Waals surface area contributed by atoms with E-state index in [-0.39, 0.29) is 11.7 Å². The number of hydrogen-bond acceptors (Lipinski definition) is 5. The molecule has 1 N–H and O–H groups in total. The average Bonchev–Trinajstić information content (AvgIpc) is 3.74. The molecule has 5 rings (SSSR count). The normalized spacial score (nSPS) is 21.5. The van der Waals surface area contributed by atoms with Crippen LogP contribution in [0.3, 0.4) is 0 Å². The second-order valence-corrected chi connectivity index (χ2v) is 10.4. The van der Waals surface area contributed by atoms with Crippen molar-refractivity contribution in [1.82, 2.24) is 20.1 Å². The van der Waals surface area contributed by atoms with Gasteiger partial charge in [-0.15, -0.1) is 0 Å². The maximum atomic E-state index is 13.3. The first-order valence-corrected chi connectivity index (χ1v) is 13.3. The molecule has 3 fully saturated rings. The average molecular weight is 480 g/mol. The van der Waals surface area contributed by atoms with E-state index in [1.807, 2.05) is 30.3 Å². The maximum Gasteiger partial charge on any atom is 0.269 e. The molecular formula is C28H38FN5O. The Morgan fingerprint density at radius 1 is 1.00 bits per heavy atom. The van der Waals surface area contributed by atoms with E-state index < -0.39 is 0 Å². The monoisotopic (exact) mass is 479 g/mol. The Labute approximate surface area is 208 Å². The van der Waals surface area contributed by atoms with E-state index in [0.717, 1.165) is 58.1 Å². The van der Waals surface area contributed by atoms with E-state index in [1.54, 1.807) is 12.1 Å². The molecular weight excluding hydrogens is 441 g/mol. The lowest BCUT2D eigenvalue weighted by molar-refractivity contribution is 0.0917. The Bertz CT molecular complexity index is 987. The zero-order chi connectivity index (χ0) is 24.2. The molecule has 2 saturated heterocycles. The molecule has 0 bridgehead atoms. The van der Waals surface area contributed by atoms with Gasteiger partial charge in [-0.2, -0.15) is 0 Å². The van der Waals surface area contributed by atoms with Crippen LogP contribution in [0.4, 0.5) is 10.2 Å². The summed E-state index contributed by atoms with van der Waals surface area (Å²) >= 11 is 0. The topological polar surface area (TPSA) is 51.7 Å². The zero-order valence-electron chi connectivity index (χ0n) is 20.8. The highest BCUT2D eigenvalue weighted by atomic mass is 19.1. The van der Waals surface area contributed by atoms with Crippen LogP contribution in [0.15, 0.2) is 42.5 Å². The minimum Gasteiger partial charge on any atom is -0.355 e. The number of hydrogen-bond donors (Lipinski definition) is 1. The third-order valence-electron chi connectivity index (χ3n) is 7.99. The highest BCUT2D eigenvalue weighted by Gasteiger charge is 2.29. The number of pyridine rings is 1. The summed E-state index contributed by atoms with van der Waals surface area (Å²) in [5, 5.41) is 3.03. The molecule has 1 amide bonds. The zero-order valence-corrected chi connectivity index (χ0v) is 20.8. The molecule has 1 aromatic carbocycles. The summed E-state index contributed by atoms with van der Waals surface area (Å²) in [5.41, 5.74) is 1.71. The van der Waals surface area contributed by atoms with Gasteiger partial charge in [0.1, 0.15) is 17.3 Å². The highest BCUT2D eigenvalue weighted by molar-refractivity contribution is 5.92. The van der Waals surface area contributed by atoms with Crippen molar-refractivity contribution in [2.24, 2.45) is 5.92 Å². The summed E-state index contributed by atoms with van der Waals surface area (Å²) < 4.78 is 13.3. The number of anilines is 1. The van der Waals surface area contributed by atoms with Crippen LogP contribution in [0, 0.1) is 11.7 Å². The predicted molar refractivity (Wildman–Crippen MR) is 137 cm³/mol. The van der Waals surface area contributed by atoms with Gasteiger partial charge in [-0.25, -0.2) is 9.37 Å². The van der Waals surface area contributed by atoms with Crippen LogP contribution in [0.1, 0.15) is 61.1 Å². The van der Waals surface area contributed by atoms with Crippen molar-refractivity contribution in [2.45, 2.75) is 51.1 Å². The summed E-state index contributed by atoms with van der Waals surface area (Å²) in [5.74, 6) is 1.34. The Morgan fingerprint density at radius 2 is 1.77 bits per heavy atom. The summed E-state index contributed by atoms with van der Waals surface area (Å²) in [6.45, 7) is 9.18. The molecule has 2 aliphatic heterocycles. The van der Waals surface area contributed by atoms with Gasteiger partial charge in [-0.1, -0.05) is 18.2 Å². The van der Waals surface area contributed by atoms with Gasteiger partial charge in [-0.3, -0.25) is 14.6 Å². The summed E-state index contributed by atoms with van der Waals surface area (Å²) in [6.07, 6.45) is 5.89. The van der Waals surface area contributed by atoms with Crippen molar-refractivity contribution in [3.05, 3.63) is 59.5 Å². The van der Waals surface area contributed by atoms with E-state index in [0.29, 0.717) is 23.7 Å². The molecule has 6 nitrogen and oxygen atoms in total. The molecule has 3 aliphatic rings. The number of rotatable bonds is 7. The van der Waals surface area contributed by atoms with Crippen LogP contribution in [0.2, 0.25) is 0 Å². The minimum absolute atomic E-state index is 0.0585. The lowest BCUT2D eigenvalue weighted by Crippen LogP contribution is -2.46.